The van der Waals surface area contributed by atoms with E-state index in [0.717, 1.165) is 0 Å². The maximum Gasteiger partial charge on any atom is 4.00 e. The first kappa shape index (κ1) is 40.8. The van der Waals surface area contributed by atoms with Crippen molar-refractivity contribution in [3.63, 3.8) is 0 Å². The van der Waals surface area contributed by atoms with Gasteiger partial charge in [-0.2, -0.15) is 12.1 Å². The average molecular weight is 634 g/mol. The molecule has 0 unspecified atom stereocenters. The van der Waals surface area contributed by atoms with E-state index in [0.29, 0.717) is 11.8 Å². The van der Waals surface area contributed by atoms with Crippen LogP contribution in [-0.4, -0.2) is 10.2 Å². The molecule has 0 aliphatic heterocycles. The first-order valence-electron chi connectivity index (χ1n) is 13.1. The first-order valence-corrected chi connectivity index (χ1v) is 14.1. The number of hydrogen-bond acceptors (Lipinski definition) is 0. The Hall–Kier alpha value is -0.660. The standard InChI is InChI=1S/2C13H15.C6H14.CH3Si.2ClH.Zr/c2*1-9(2)12-6-4-5-11-7-10(3)8-13(11)12;1-3-5-6-4-2;1-2;;;/h2*4-9H,1-3H3;3-6H2,1-2H3;1H3;2*1H;/q2*-1;;;;;+4/p-2. The van der Waals surface area contributed by atoms with Crippen LogP contribution in [0.25, 0.3) is 21.5 Å². The molecule has 0 heterocycles. The van der Waals surface area contributed by atoms with E-state index in [-0.39, 0.29) is 51.0 Å². The van der Waals surface area contributed by atoms with Gasteiger partial charge < -0.3 is 24.8 Å². The van der Waals surface area contributed by atoms with Gasteiger partial charge in [0, 0.05) is 10.2 Å². The average Bonchev–Trinajstić information content (AvgIpc) is 3.39. The van der Waals surface area contributed by atoms with Gasteiger partial charge in [0.1, 0.15) is 0 Å². The summed E-state index contributed by atoms with van der Waals surface area (Å²) in [4.78, 5) is 0. The molecular weight excluding hydrogens is 587 g/mol. The number of halogens is 2. The quantitative estimate of drug-likeness (QED) is 0.169. The van der Waals surface area contributed by atoms with E-state index >= 15 is 0 Å². The molecule has 0 spiro atoms. The second kappa shape index (κ2) is 22.2. The molecule has 0 aliphatic rings. The predicted molar refractivity (Wildman–Crippen MR) is 158 cm³/mol. The van der Waals surface area contributed by atoms with Crippen LogP contribution in [0.2, 0.25) is 6.55 Å². The Morgan fingerprint density at radius 3 is 1.24 bits per heavy atom. The summed E-state index contributed by atoms with van der Waals surface area (Å²) >= 11 is 0. The zero-order valence-electron chi connectivity index (χ0n) is 24.5. The minimum atomic E-state index is 0. The van der Waals surface area contributed by atoms with Crippen molar-refractivity contribution in [1.29, 1.82) is 0 Å². The molecule has 0 saturated heterocycles. The van der Waals surface area contributed by atoms with Crippen molar-refractivity contribution < 1.29 is 51.0 Å². The molecule has 0 saturated carbocycles. The fourth-order valence-corrected chi connectivity index (χ4v) is 4.32. The molecule has 201 valence electrons. The van der Waals surface area contributed by atoms with Crippen LogP contribution in [0.5, 0.6) is 0 Å². The number of fused-ring (bicyclic) bond motifs is 2. The van der Waals surface area contributed by atoms with Gasteiger partial charge in [0.25, 0.3) is 0 Å². The van der Waals surface area contributed by atoms with E-state index < -0.39 is 0 Å². The summed E-state index contributed by atoms with van der Waals surface area (Å²) in [5.74, 6) is 1.23. The summed E-state index contributed by atoms with van der Waals surface area (Å²) < 4.78 is 0. The van der Waals surface area contributed by atoms with Gasteiger partial charge >= 0.3 is 26.2 Å². The van der Waals surface area contributed by atoms with Crippen molar-refractivity contribution in [2.75, 3.05) is 0 Å². The Kier molecular flexibility index (Phi) is 24.5. The maximum atomic E-state index is 2.97. The first-order chi connectivity index (χ1) is 16.3. The van der Waals surface area contributed by atoms with Crippen LogP contribution >= 0.6 is 0 Å². The van der Waals surface area contributed by atoms with E-state index in [2.05, 4.69) is 126 Å². The van der Waals surface area contributed by atoms with Crippen molar-refractivity contribution in [3.8, 4) is 0 Å². The van der Waals surface area contributed by atoms with Crippen LogP contribution in [0.3, 0.4) is 0 Å². The molecule has 4 heteroatoms. The second-order valence-electron chi connectivity index (χ2n) is 9.78. The van der Waals surface area contributed by atoms with Crippen molar-refractivity contribution in [2.24, 2.45) is 0 Å². The minimum absolute atomic E-state index is 0. The van der Waals surface area contributed by atoms with E-state index in [1.165, 1.54) is 69.5 Å². The van der Waals surface area contributed by atoms with Gasteiger partial charge in [0.2, 0.25) is 0 Å². The molecule has 0 aromatic heterocycles. The zero-order valence-corrected chi connectivity index (χ0v) is 29.5. The molecule has 0 aliphatic carbocycles. The molecule has 3 radical (unpaired) electrons. The molecule has 4 aromatic carbocycles. The number of unbranched alkanes of at least 4 members (excludes halogenated alkanes) is 3. The zero-order chi connectivity index (χ0) is 25.7. The molecule has 0 amide bonds. The molecule has 0 bridgehead atoms. The number of rotatable bonds is 5. The smallest absolute Gasteiger partial charge is 1.00 e. The van der Waals surface area contributed by atoms with E-state index in [1.54, 1.807) is 6.55 Å². The predicted octanol–water partition coefficient (Wildman–Crippen LogP) is 4.78. The summed E-state index contributed by atoms with van der Waals surface area (Å²) in [6.45, 7) is 19.6. The number of hydrogen-bond donors (Lipinski definition) is 0. The fraction of sp³-hybridized carbons (Fsp3) is 0.455. The van der Waals surface area contributed by atoms with Gasteiger partial charge in [-0.05, 0) is 11.8 Å². The van der Waals surface area contributed by atoms with E-state index in [4.69, 9.17) is 0 Å². The normalized spacial score (nSPS) is 9.62. The third kappa shape index (κ3) is 13.3. The van der Waals surface area contributed by atoms with Crippen molar-refractivity contribution in [2.45, 2.75) is 99.5 Å². The monoisotopic (exact) mass is 631 g/mol. The Balaban J connectivity index is -0.000000461. The van der Waals surface area contributed by atoms with Gasteiger partial charge in [0.15, 0.2) is 0 Å². The van der Waals surface area contributed by atoms with Crippen LogP contribution in [0.1, 0.15) is 101 Å². The second-order valence-corrected chi connectivity index (χ2v) is 9.78. The third-order valence-electron chi connectivity index (χ3n) is 6.06. The number of benzene rings is 2. The largest absolute Gasteiger partial charge is 4.00 e. The van der Waals surface area contributed by atoms with Crippen LogP contribution in [0.4, 0.5) is 0 Å². The SMILES string of the molecule is CCCCCC.C[Si].Cc1cc2c(C(C)C)cccc2[cH-]1.Cc1cc2c(C(C)C)cccc2[cH-]1.[Cl-].[Cl-].[Zr+4]. The molecule has 4 rings (SSSR count). The topological polar surface area (TPSA) is 0 Å². The Morgan fingerprint density at radius 2 is 0.973 bits per heavy atom. The van der Waals surface area contributed by atoms with E-state index in [9.17, 15) is 0 Å². The summed E-state index contributed by atoms with van der Waals surface area (Å²) in [6.07, 6.45) is 5.54. The molecule has 0 N–H and O–H groups in total. The fourth-order valence-electron chi connectivity index (χ4n) is 4.32. The molecule has 0 nitrogen and oxygen atoms in total. The van der Waals surface area contributed by atoms with Gasteiger partial charge in [-0.25, -0.2) is 0 Å². The van der Waals surface area contributed by atoms with Crippen LogP contribution in [-0.2, 0) is 26.2 Å². The van der Waals surface area contributed by atoms with Gasteiger partial charge in [0.05, 0.1) is 0 Å². The van der Waals surface area contributed by atoms with Gasteiger partial charge in [-0.1, -0.05) is 111 Å². The van der Waals surface area contributed by atoms with Gasteiger partial charge in [-0.3, -0.25) is 0 Å². The summed E-state index contributed by atoms with van der Waals surface area (Å²) in [5, 5.41) is 5.61. The van der Waals surface area contributed by atoms with Crippen LogP contribution in [0.15, 0.2) is 60.7 Å². The summed E-state index contributed by atoms with van der Waals surface area (Å²) in [7, 11) is 2.97. The number of aryl methyl sites for hydroxylation is 2. The Bertz CT molecular complexity index is 1000. The van der Waals surface area contributed by atoms with Crippen molar-refractivity contribution >= 4 is 31.8 Å². The summed E-state index contributed by atoms with van der Waals surface area (Å²) in [5.41, 5.74) is 5.66. The van der Waals surface area contributed by atoms with Crippen LogP contribution < -0.4 is 24.8 Å². The third-order valence-corrected chi connectivity index (χ3v) is 6.06. The molecular formula is C33H47Cl2SiZr. The minimum Gasteiger partial charge on any atom is -1.00 e. The molecule has 37 heavy (non-hydrogen) atoms. The molecule has 0 atom stereocenters. The van der Waals surface area contributed by atoms with Crippen molar-refractivity contribution in [1.82, 2.24) is 0 Å². The molecule has 0 fully saturated rings. The molecule has 4 aromatic rings. The Morgan fingerprint density at radius 1 is 0.649 bits per heavy atom. The summed E-state index contributed by atoms with van der Waals surface area (Å²) in [6, 6.07) is 22.2. The Labute approximate surface area is 263 Å². The van der Waals surface area contributed by atoms with Crippen LogP contribution in [0, 0.1) is 13.8 Å². The van der Waals surface area contributed by atoms with E-state index in [1.807, 2.05) is 0 Å². The maximum absolute atomic E-state index is 2.97. The van der Waals surface area contributed by atoms with Crippen molar-refractivity contribution in [3.05, 3.63) is 82.9 Å². The van der Waals surface area contributed by atoms with Gasteiger partial charge in [-0.15, -0.1) is 69.1 Å².